The molecule has 0 N–H and O–H groups in total. The van der Waals surface area contributed by atoms with Crippen LogP contribution in [0.25, 0.3) is 39.4 Å². The van der Waals surface area contributed by atoms with Crippen molar-refractivity contribution in [1.82, 2.24) is 14.0 Å². The van der Waals surface area contributed by atoms with Crippen LogP contribution in [0, 0.1) is 0 Å². The Morgan fingerprint density at radius 2 is 1.29 bits per heavy atom. The minimum Gasteiger partial charge on any atom is -0.313 e. The molecule has 0 bridgehead atoms. The van der Waals surface area contributed by atoms with Crippen LogP contribution >= 0.6 is 11.6 Å². The van der Waals surface area contributed by atoms with Crippen LogP contribution in [-0.2, 0) is 7.05 Å². The summed E-state index contributed by atoms with van der Waals surface area (Å²) in [6.45, 7) is 0. The minimum absolute atomic E-state index is 0.730. The van der Waals surface area contributed by atoms with Crippen molar-refractivity contribution < 1.29 is 0 Å². The molecule has 3 aromatic carbocycles. The average molecular weight is 384 g/mol. The molecule has 0 unspecified atom stereocenters. The van der Waals surface area contributed by atoms with E-state index in [1.807, 2.05) is 30.3 Å². The molecule has 0 aliphatic heterocycles. The first-order valence-electron chi connectivity index (χ1n) is 9.15. The van der Waals surface area contributed by atoms with Gasteiger partial charge in [-0.15, -0.1) is 0 Å². The lowest BCUT2D eigenvalue weighted by Gasteiger charge is -2.05. The lowest BCUT2D eigenvalue weighted by atomic mass is 10.0. The number of hydrogen-bond acceptors (Lipinski definition) is 1. The Labute approximate surface area is 168 Å². The quantitative estimate of drug-likeness (QED) is 0.357. The zero-order chi connectivity index (χ0) is 19.1. The number of benzene rings is 3. The van der Waals surface area contributed by atoms with Gasteiger partial charge in [0.15, 0.2) is 0 Å². The van der Waals surface area contributed by atoms with Crippen LogP contribution in [0.15, 0.2) is 91.3 Å². The Morgan fingerprint density at radius 3 is 1.96 bits per heavy atom. The molecule has 0 fully saturated rings. The third-order valence-corrected chi connectivity index (χ3v) is 5.32. The molecule has 0 spiro atoms. The van der Waals surface area contributed by atoms with E-state index in [0.717, 1.165) is 27.8 Å². The van der Waals surface area contributed by atoms with Crippen molar-refractivity contribution in [2.45, 2.75) is 0 Å². The Hall–Kier alpha value is -3.30. The molecule has 5 rings (SSSR count). The number of imidazole rings is 2. The first-order chi connectivity index (χ1) is 13.7. The molecule has 0 aliphatic rings. The van der Waals surface area contributed by atoms with Gasteiger partial charge >= 0.3 is 0 Å². The molecule has 28 heavy (non-hydrogen) atoms. The zero-order valence-electron chi connectivity index (χ0n) is 15.4. The lowest BCUT2D eigenvalue weighted by Crippen LogP contribution is -1.92. The normalized spacial score (nSPS) is 11.2. The Morgan fingerprint density at radius 1 is 0.679 bits per heavy atom. The molecule has 0 saturated carbocycles. The van der Waals surface area contributed by atoms with E-state index in [0.29, 0.717) is 0 Å². The van der Waals surface area contributed by atoms with Crippen LogP contribution in [-0.4, -0.2) is 14.0 Å². The molecule has 5 aromatic rings. The molecule has 3 nitrogen and oxygen atoms in total. The van der Waals surface area contributed by atoms with Gasteiger partial charge in [0.25, 0.3) is 0 Å². The summed E-state index contributed by atoms with van der Waals surface area (Å²) in [5.41, 5.74) is 6.73. The van der Waals surface area contributed by atoms with Crippen molar-refractivity contribution in [3.05, 3.63) is 96.3 Å². The SMILES string of the molecule is Cn1c(-c2ccc(-c3ccccc3)cc2)cn2cc(-c3ccc(Cl)cc3)nc12. The average Bonchev–Trinajstić information content (AvgIpc) is 3.29. The Balaban J connectivity index is 1.50. The third kappa shape index (κ3) is 2.90. The summed E-state index contributed by atoms with van der Waals surface area (Å²) in [5, 5.41) is 0.730. The number of hydrogen-bond donors (Lipinski definition) is 0. The molecule has 2 heterocycles. The van der Waals surface area contributed by atoms with E-state index in [-0.39, 0.29) is 0 Å². The number of aryl methyl sites for hydroxylation is 1. The summed E-state index contributed by atoms with van der Waals surface area (Å²) in [5.74, 6) is 0.909. The fourth-order valence-corrected chi connectivity index (χ4v) is 3.67. The number of nitrogens with zero attached hydrogens (tertiary/aromatic N) is 3. The van der Waals surface area contributed by atoms with Gasteiger partial charge in [-0.1, -0.05) is 78.3 Å². The minimum atomic E-state index is 0.730. The molecule has 0 atom stereocenters. The highest BCUT2D eigenvalue weighted by Crippen LogP contribution is 2.28. The maximum absolute atomic E-state index is 5.99. The van der Waals surface area contributed by atoms with Crippen molar-refractivity contribution >= 4 is 17.4 Å². The van der Waals surface area contributed by atoms with E-state index < -0.39 is 0 Å². The summed E-state index contributed by atoms with van der Waals surface area (Å²) < 4.78 is 4.20. The zero-order valence-corrected chi connectivity index (χ0v) is 16.1. The molecule has 2 aromatic heterocycles. The number of aromatic nitrogens is 3. The molecular formula is C24H18ClN3. The lowest BCUT2D eigenvalue weighted by molar-refractivity contribution is 0.945. The maximum atomic E-state index is 5.99. The Kier molecular flexibility index (Phi) is 4.03. The second-order valence-electron chi connectivity index (χ2n) is 6.86. The smallest absolute Gasteiger partial charge is 0.214 e. The van der Waals surface area contributed by atoms with Crippen molar-refractivity contribution in [2.75, 3.05) is 0 Å². The predicted molar refractivity (Wildman–Crippen MR) is 115 cm³/mol. The van der Waals surface area contributed by atoms with Crippen LogP contribution in [0.5, 0.6) is 0 Å². The number of rotatable bonds is 3. The highest BCUT2D eigenvalue weighted by Gasteiger charge is 2.12. The summed E-state index contributed by atoms with van der Waals surface area (Å²) in [4.78, 5) is 4.81. The Bertz CT molecular complexity index is 1250. The number of fused-ring (bicyclic) bond motifs is 1. The summed E-state index contributed by atoms with van der Waals surface area (Å²) >= 11 is 5.99. The molecule has 4 heteroatoms. The van der Waals surface area contributed by atoms with Gasteiger partial charge in [0.1, 0.15) is 0 Å². The first kappa shape index (κ1) is 16.8. The van der Waals surface area contributed by atoms with E-state index in [9.17, 15) is 0 Å². The molecule has 0 radical (unpaired) electrons. The topological polar surface area (TPSA) is 22.2 Å². The summed E-state index contributed by atoms with van der Waals surface area (Å²) in [6.07, 6.45) is 4.18. The molecular weight excluding hydrogens is 366 g/mol. The van der Waals surface area contributed by atoms with Gasteiger partial charge < -0.3 is 4.57 Å². The van der Waals surface area contributed by atoms with Crippen molar-refractivity contribution in [1.29, 1.82) is 0 Å². The molecule has 0 amide bonds. The fourth-order valence-electron chi connectivity index (χ4n) is 3.55. The van der Waals surface area contributed by atoms with Gasteiger partial charge in [0.2, 0.25) is 5.78 Å². The molecule has 136 valence electrons. The van der Waals surface area contributed by atoms with E-state index in [2.05, 4.69) is 76.9 Å². The maximum Gasteiger partial charge on any atom is 0.214 e. The van der Waals surface area contributed by atoms with Gasteiger partial charge in [0.05, 0.1) is 11.4 Å². The van der Waals surface area contributed by atoms with E-state index >= 15 is 0 Å². The molecule has 0 aliphatic carbocycles. The summed E-state index contributed by atoms with van der Waals surface area (Å²) in [7, 11) is 2.05. The van der Waals surface area contributed by atoms with Crippen molar-refractivity contribution in [3.63, 3.8) is 0 Å². The van der Waals surface area contributed by atoms with Crippen LogP contribution in [0.3, 0.4) is 0 Å². The second-order valence-corrected chi connectivity index (χ2v) is 7.29. The van der Waals surface area contributed by atoms with Crippen molar-refractivity contribution in [2.24, 2.45) is 7.05 Å². The second kappa shape index (κ2) is 6.70. The summed E-state index contributed by atoms with van der Waals surface area (Å²) in [6, 6.07) is 26.8. The van der Waals surface area contributed by atoms with Gasteiger partial charge in [-0.05, 0) is 28.8 Å². The number of halogens is 1. The molecule has 0 saturated heterocycles. The monoisotopic (exact) mass is 383 g/mol. The van der Waals surface area contributed by atoms with Crippen LogP contribution in [0.4, 0.5) is 0 Å². The van der Waals surface area contributed by atoms with Crippen LogP contribution < -0.4 is 0 Å². The van der Waals surface area contributed by atoms with Gasteiger partial charge in [-0.2, -0.15) is 0 Å². The van der Waals surface area contributed by atoms with Gasteiger partial charge in [-0.25, -0.2) is 4.98 Å². The van der Waals surface area contributed by atoms with Gasteiger partial charge in [0, 0.05) is 30.0 Å². The van der Waals surface area contributed by atoms with Gasteiger partial charge in [-0.3, -0.25) is 4.40 Å². The van der Waals surface area contributed by atoms with Crippen molar-refractivity contribution in [3.8, 4) is 33.6 Å². The van der Waals surface area contributed by atoms with Crippen LogP contribution in [0.2, 0.25) is 5.02 Å². The standard InChI is InChI=1S/C24H18ClN3/c1-27-23(20-9-7-18(8-10-20)17-5-3-2-4-6-17)16-28-15-22(26-24(27)28)19-11-13-21(25)14-12-19/h2-16H,1H3. The predicted octanol–water partition coefficient (Wildman–Crippen LogP) is 6.33. The highest BCUT2D eigenvalue weighted by atomic mass is 35.5. The fraction of sp³-hybridized carbons (Fsp3) is 0.0417. The van der Waals surface area contributed by atoms with E-state index in [4.69, 9.17) is 16.6 Å². The van der Waals surface area contributed by atoms with Crippen LogP contribution in [0.1, 0.15) is 0 Å². The first-order valence-corrected chi connectivity index (χ1v) is 9.53. The third-order valence-electron chi connectivity index (χ3n) is 5.06. The van der Waals surface area contributed by atoms with E-state index in [1.54, 1.807) is 0 Å². The highest BCUT2D eigenvalue weighted by molar-refractivity contribution is 6.30. The van der Waals surface area contributed by atoms with E-state index in [1.165, 1.54) is 16.7 Å². The largest absolute Gasteiger partial charge is 0.313 e.